The van der Waals surface area contributed by atoms with Gasteiger partial charge in [-0.15, -0.1) is 0 Å². The molecule has 1 amide bonds. The van der Waals surface area contributed by atoms with Crippen LogP contribution in [0, 0.1) is 5.92 Å². The van der Waals surface area contributed by atoms with Crippen molar-refractivity contribution < 1.29 is 24.2 Å². The number of ether oxygens (including phenoxy) is 2. The number of para-hydroxylation sites is 1. The monoisotopic (exact) mass is 392 g/mol. The SMILES string of the molecule is CCOc1c2c(nc3ccccc13)C1=CC3=C(CO)C(=O)O[C@@H](C)C3CN1C2=O. The second-order valence-corrected chi connectivity index (χ2v) is 7.37. The molecule has 0 bridgehead atoms. The number of carbonyl (C=O) groups excluding carboxylic acids is 2. The topological polar surface area (TPSA) is 89.0 Å². The molecule has 0 radical (unpaired) electrons. The predicted octanol–water partition coefficient (Wildman–Crippen LogP) is 2.29. The van der Waals surface area contributed by atoms with Crippen molar-refractivity contribution in [3.8, 4) is 5.75 Å². The maximum atomic E-state index is 13.4. The van der Waals surface area contributed by atoms with Gasteiger partial charge in [-0.05, 0) is 37.6 Å². The van der Waals surface area contributed by atoms with E-state index in [1.807, 2.05) is 31.2 Å². The van der Waals surface area contributed by atoms with E-state index in [0.29, 0.717) is 35.9 Å². The fraction of sp³-hybridized carbons (Fsp3) is 0.318. The van der Waals surface area contributed by atoms with E-state index >= 15 is 0 Å². The Bertz CT molecular complexity index is 1130. The molecule has 0 spiro atoms. The molecule has 3 aliphatic heterocycles. The van der Waals surface area contributed by atoms with Gasteiger partial charge in [0.1, 0.15) is 23.1 Å². The van der Waals surface area contributed by atoms with Gasteiger partial charge in [0.2, 0.25) is 0 Å². The highest BCUT2D eigenvalue weighted by Gasteiger charge is 2.45. The Hall–Kier alpha value is -3.19. The lowest BCUT2D eigenvalue weighted by atomic mass is 9.84. The quantitative estimate of drug-likeness (QED) is 0.807. The molecule has 2 aromatic rings. The number of rotatable bonds is 3. The first kappa shape index (κ1) is 17.9. The van der Waals surface area contributed by atoms with Crippen LogP contribution in [0.1, 0.15) is 29.9 Å². The summed E-state index contributed by atoms with van der Waals surface area (Å²) in [6, 6.07) is 7.56. The molecular formula is C22H20N2O5. The third-order valence-electron chi connectivity index (χ3n) is 5.81. The van der Waals surface area contributed by atoms with Crippen LogP contribution in [0.3, 0.4) is 0 Å². The lowest BCUT2D eigenvalue weighted by Crippen LogP contribution is -2.43. The maximum Gasteiger partial charge on any atom is 0.336 e. The Labute approximate surface area is 167 Å². The number of carbonyl (C=O) groups is 2. The van der Waals surface area contributed by atoms with Crippen molar-refractivity contribution in [3.05, 3.63) is 52.7 Å². The number of fused-ring (bicyclic) bond motifs is 5. The number of aliphatic hydroxyl groups excluding tert-OH is 1. The van der Waals surface area contributed by atoms with E-state index in [9.17, 15) is 14.7 Å². The van der Waals surface area contributed by atoms with Gasteiger partial charge in [-0.2, -0.15) is 0 Å². The predicted molar refractivity (Wildman–Crippen MR) is 105 cm³/mol. The van der Waals surface area contributed by atoms with Crippen LogP contribution in [0.4, 0.5) is 0 Å². The lowest BCUT2D eigenvalue weighted by molar-refractivity contribution is -0.148. The number of pyridine rings is 1. The molecule has 0 aliphatic carbocycles. The molecule has 1 aromatic heterocycles. The van der Waals surface area contributed by atoms with E-state index in [2.05, 4.69) is 0 Å². The number of hydrogen-bond acceptors (Lipinski definition) is 6. The Morgan fingerprint density at radius 1 is 1.31 bits per heavy atom. The summed E-state index contributed by atoms with van der Waals surface area (Å²) in [4.78, 5) is 32.0. The molecule has 1 aromatic carbocycles. The highest BCUT2D eigenvalue weighted by atomic mass is 16.5. The van der Waals surface area contributed by atoms with Crippen LogP contribution in [-0.4, -0.2) is 52.7 Å². The fourth-order valence-electron chi connectivity index (χ4n) is 4.42. The van der Waals surface area contributed by atoms with Crippen LogP contribution in [-0.2, 0) is 9.53 Å². The van der Waals surface area contributed by atoms with E-state index in [1.54, 1.807) is 17.9 Å². The molecule has 1 N–H and O–H groups in total. The summed E-state index contributed by atoms with van der Waals surface area (Å²) in [6.07, 6.45) is 1.42. The molecule has 3 aliphatic rings. The number of esters is 1. The molecule has 29 heavy (non-hydrogen) atoms. The van der Waals surface area contributed by atoms with E-state index in [-0.39, 0.29) is 23.5 Å². The van der Waals surface area contributed by atoms with E-state index in [1.165, 1.54) is 0 Å². The zero-order valence-corrected chi connectivity index (χ0v) is 16.1. The Balaban J connectivity index is 1.78. The molecule has 5 rings (SSSR count). The number of nitrogens with zero attached hydrogens (tertiary/aromatic N) is 2. The van der Waals surface area contributed by atoms with Gasteiger partial charge in [0, 0.05) is 17.8 Å². The summed E-state index contributed by atoms with van der Waals surface area (Å²) in [5.41, 5.74) is 3.33. The Kier molecular flexibility index (Phi) is 3.96. The fourth-order valence-corrected chi connectivity index (χ4v) is 4.42. The van der Waals surface area contributed by atoms with E-state index in [0.717, 1.165) is 16.5 Å². The summed E-state index contributed by atoms with van der Waals surface area (Å²) in [5, 5.41) is 10.5. The van der Waals surface area contributed by atoms with E-state index in [4.69, 9.17) is 14.5 Å². The first-order chi connectivity index (χ1) is 14.0. The third kappa shape index (κ3) is 2.43. The number of allylic oxidation sites excluding steroid dienone is 1. The standard InChI is InChI=1S/C22H20N2O5/c1-3-28-20-12-6-4-5-7-16(12)23-19-17-8-13-14(9-24(17)21(26)18(19)20)11(2)29-22(27)15(13)10-25/h4-8,11,14,25H,3,9-10H2,1-2H3/t11-,14?/m0/s1. The van der Waals surface area contributed by atoms with Crippen LogP contribution >= 0.6 is 0 Å². The number of benzene rings is 1. The first-order valence-electron chi connectivity index (χ1n) is 9.69. The van der Waals surface area contributed by atoms with Crippen molar-refractivity contribution in [1.82, 2.24) is 9.88 Å². The second kappa shape index (κ2) is 6.42. The average Bonchev–Trinajstić information content (AvgIpc) is 2.99. The van der Waals surface area contributed by atoms with Crippen LogP contribution in [0.2, 0.25) is 0 Å². The van der Waals surface area contributed by atoms with Gasteiger partial charge in [0.25, 0.3) is 5.91 Å². The minimum Gasteiger partial charge on any atom is -0.492 e. The van der Waals surface area contributed by atoms with Crippen molar-refractivity contribution in [2.24, 2.45) is 5.92 Å². The van der Waals surface area contributed by atoms with Gasteiger partial charge in [-0.1, -0.05) is 12.1 Å². The Morgan fingerprint density at radius 3 is 2.86 bits per heavy atom. The second-order valence-electron chi connectivity index (χ2n) is 7.37. The summed E-state index contributed by atoms with van der Waals surface area (Å²) >= 11 is 0. The normalized spacial score (nSPS) is 22.9. The van der Waals surface area contributed by atoms with E-state index < -0.39 is 12.6 Å². The molecule has 148 valence electrons. The van der Waals surface area contributed by atoms with Crippen molar-refractivity contribution in [3.63, 3.8) is 0 Å². The zero-order chi connectivity index (χ0) is 20.3. The smallest absolute Gasteiger partial charge is 0.336 e. The third-order valence-corrected chi connectivity index (χ3v) is 5.81. The van der Waals surface area contributed by atoms with Crippen molar-refractivity contribution in [1.29, 1.82) is 0 Å². The highest BCUT2D eigenvalue weighted by Crippen LogP contribution is 2.46. The average molecular weight is 392 g/mol. The molecule has 0 fully saturated rings. The number of cyclic esters (lactones) is 1. The minimum atomic E-state index is -0.512. The molecule has 7 nitrogen and oxygen atoms in total. The van der Waals surface area contributed by atoms with Crippen molar-refractivity contribution >= 4 is 28.5 Å². The number of amides is 1. The van der Waals surface area contributed by atoms with Crippen molar-refractivity contribution in [2.75, 3.05) is 19.8 Å². The molecular weight excluding hydrogens is 372 g/mol. The molecule has 0 saturated heterocycles. The van der Waals surface area contributed by atoms with Crippen molar-refractivity contribution in [2.45, 2.75) is 20.0 Å². The first-order valence-corrected chi connectivity index (χ1v) is 9.69. The highest BCUT2D eigenvalue weighted by molar-refractivity contribution is 6.14. The Morgan fingerprint density at radius 2 is 2.10 bits per heavy atom. The van der Waals surface area contributed by atoms with Gasteiger partial charge >= 0.3 is 5.97 Å². The summed E-state index contributed by atoms with van der Waals surface area (Å²) in [6.45, 7) is 4.06. The molecule has 2 atom stereocenters. The van der Waals surface area contributed by atoms with Crippen LogP contribution < -0.4 is 4.74 Å². The van der Waals surface area contributed by atoms with Gasteiger partial charge in [-0.25, -0.2) is 9.78 Å². The van der Waals surface area contributed by atoms with Gasteiger partial charge in [0.05, 0.1) is 30.0 Å². The largest absolute Gasteiger partial charge is 0.492 e. The van der Waals surface area contributed by atoms with Crippen LogP contribution in [0.5, 0.6) is 5.75 Å². The molecule has 1 unspecified atom stereocenters. The van der Waals surface area contributed by atoms with Gasteiger partial charge in [0.15, 0.2) is 0 Å². The number of aromatic nitrogens is 1. The molecule has 0 saturated carbocycles. The van der Waals surface area contributed by atoms with Crippen LogP contribution in [0.15, 0.2) is 41.5 Å². The molecule has 4 heterocycles. The summed E-state index contributed by atoms with van der Waals surface area (Å²) < 4.78 is 11.3. The number of aliphatic hydroxyl groups is 1. The lowest BCUT2D eigenvalue weighted by Gasteiger charge is -2.37. The summed E-state index contributed by atoms with van der Waals surface area (Å²) in [7, 11) is 0. The van der Waals surface area contributed by atoms with Gasteiger partial charge < -0.3 is 19.5 Å². The summed E-state index contributed by atoms with van der Waals surface area (Å²) in [5.74, 6) is -0.334. The maximum absolute atomic E-state index is 13.4. The van der Waals surface area contributed by atoms with Gasteiger partial charge in [-0.3, -0.25) is 4.79 Å². The minimum absolute atomic E-state index is 0.165. The number of hydrogen-bond donors (Lipinski definition) is 1. The zero-order valence-electron chi connectivity index (χ0n) is 16.1. The molecule has 7 heteroatoms. The van der Waals surface area contributed by atoms with Crippen LogP contribution in [0.25, 0.3) is 16.6 Å².